The first kappa shape index (κ1) is 26.5. The van der Waals surface area contributed by atoms with Crippen LogP contribution in [0.3, 0.4) is 0 Å². The van der Waals surface area contributed by atoms with E-state index in [1.54, 1.807) is 24.5 Å². The Hall–Kier alpha value is -4.37. The Morgan fingerprint density at radius 3 is 1.42 bits per heavy atom. The zero-order valence-electron chi connectivity index (χ0n) is 39.9. The van der Waals surface area contributed by atoms with Gasteiger partial charge in [-0.2, -0.15) is 0 Å². The largest absolute Gasteiger partial charge is 0.508 e. The van der Waals surface area contributed by atoms with Gasteiger partial charge in [0.1, 0.15) is 0 Å². The van der Waals surface area contributed by atoms with Gasteiger partial charge in [0.25, 0.3) is 0 Å². The van der Waals surface area contributed by atoms with Crippen LogP contribution in [0.2, 0.25) is 0 Å². The number of aromatic nitrogens is 4. The van der Waals surface area contributed by atoms with Crippen molar-refractivity contribution in [3.05, 3.63) is 171 Å². The fourth-order valence-electron chi connectivity index (χ4n) is 5.72. The quantitative estimate of drug-likeness (QED) is 0.102. The van der Waals surface area contributed by atoms with E-state index in [1.165, 1.54) is 0 Å². The minimum absolute atomic E-state index is 0. The lowest BCUT2D eigenvalue weighted by Crippen LogP contribution is -2.32. The second kappa shape index (κ2) is 17.2. The molecule has 0 bridgehead atoms. The summed E-state index contributed by atoms with van der Waals surface area (Å²) in [5.74, 6) is 0. The maximum Gasteiger partial charge on any atom is 0.508 e. The molecule has 4 heterocycles. The number of hydrogen-bond donors (Lipinski definition) is 2. The molecule has 0 spiro atoms. The smallest absolute Gasteiger partial charge is 0.422 e. The van der Waals surface area contributed by atoms with E-state index >= 15 is 0 Å². The van der Waals surface area contributed by atoms with E-state index in [0.717, 1.165) is 27.1 Å². The number of fused-ring (bicyclic) bond motifs is 8. The van der Waals surface area contributed by atoms with Crippen LogP contribution in [0.1, 0.15) is 16.4 Å². The van der Waals surface area contributed by atoms with Gasteiger partial charge in [0.05, 0.1) is 49.8 Å². The van der Waals surface area contributed by atoms with Gasteiger partial charge in [-0.3, -0.25) is 15.0 Å². The first-order valence-electron chi connectivity index (χ1n) is 22.0. The summed E-state index contributed by atoms with van der Waals surface area (Å²) in [7, 11) is -1.56. The third-order valence-electron chi connectivity index (χ3n) is 8.27. The van der Waals surface area contributed by atoms with Gasteiger partial charge in [-0.1, -0.05) is 151 Å². The second-order valence-electron chi connectivity index (χ2n) is 11.5. The molecule has 268 valence electrons. The van der Waals surface area contributed by atoms with Crippen molar-refractivity contribution in [1.82, 2.24) is 19.9 Å². The van der Waals surface area contributed by atoms with Crippen LogP contribution in [0.4, 0.5) is 0 Å². The molecular weight excluding hydrogens is 994 g/mol. The molecule has 0 saturated heterocycles. The summed E-state index contributed by atoms with van der Waals surface area (Å²) in [5, 5.41) is 22.7. The zero-order valence-corrected chi connectivity index (χ0v) is 35.0. The van der Waals surface area contributed by atoms with Crippen LogP contribution in [0.15, 0.2) is 171 Å². The Balaban J connectivity index is 0.000000159. The van der Waals surface area contributed by atoms with Gasteiger partial charge in [-0.05, 0) is 63.9 Å². The van der Waals surface area contributed by atoms with Crippen LogP contribution in [0.25, 0.3) is 76.4 Å². The van der Waals surface area contributed by atoms with E-state index in [0.29, 0.717) is 22.2 Å². The van der Waals surface area contributed by atoms with Gasteiger partial charge in [0, 0.05) is 52.9 Å². The predicted octanol–water partition coefficient (Wildman–Crippen LogP) is 11.8. The Bertz CT molecular complexity index is 3570. The molecule has 0 aliphatic carbocycles. The van der Waals surface area contributed by atoms with E-state index in [4.69, 9.17) is 31.5 Å². The fraction of sp³-hybridized carbons (Fsp3) is 0. The summed E-state index contributed by atoms with van der Waals surface area (Å²) in [6, 6.07) is 19.4. The van der Waals surface area contributed by atoms with E-state index in [2.05, 4.69) is 62.7 Å². The van der Waals surface area contributed by atoms with Crippen molar-refractivity contribution < 1.29 is 26.5 Å². The lowest BCUT2D eigenvalue weighted by molar-refractivity contribution is 0.424. The molecule has 0 saturated carbocycles. The number of benzene rings is 6. The van der Waals surface area contributed by atoms with Crippen molar-refractivity contribution in [3.63, 3.8) is 0 Å². The van der Waals surface area contributed by atoms with Gasteiger partial charge in [-0.25, -0.2) is 4.98 Å². The van der Waals surface area contributed by atoms with Crippen LogP contribution in [0, 0.1) is 0 Å². The highest BCUT2D eigenvalue weighted by atomic mass is 127. The molecule has 0 atom stereocenters. The summed E-state index contributed by atoms with van der Waals surface area (Å²) in [6.45, 7) is 0. The number of halogens is 4. The van der Waals surface area contributed by atoms with E-state index in [1.807, 2.05) is 60.7 Å². The van der Waals surface area contributed by atoms with Gasteiger partial charge in [0.15, 0.2) is 0 Å². The highest BCUT2D eigenvalue weighted by Gasteiger charge is 2.14. The van der Waals surface area contributed by atoms with Crippen molar-refractivity contribution >= 4 is 150 Å². The minimum atomic E-state index is -1.56. The molecule has 0 aliphatic heterocycles. The van der Waals surface area contributed by atoms with Crippen LogP contribution in [-0.2, 0) is 0 Å². The first-order chi connectivity index (χ1) is 31.3. The van der Waals surface area contributed by atoms with E-state index < -0.39 is 13.2 Å². The van der Waals surface area contributed by atoms with Gasteiger partial charge in [-0.15, -0.1) is 24.0 Å². The van der Waals surface area contributed by atoms with Crippen molar-refractivity contribution in [2.45, 2.75) is 0 Å². The summed E-state index contributed by atoms with van der Waals surface area (Å²) >= 11 is 9.54. The van der Waals surface area contributed by atoms with Crippen LogP contribution in [-0.4, -0.2) is 37.1 Å². The Kier molecular flexibility index (Phi) is 8.28. The molecular formula is C44H29BBr3IN4O2. The minimum Gasteiger partial charge on any atom is -0.422 e. The summed E-state index contributed by atoms with van der Waals surface area (Å²) in [4.78, 5) is 17.7. The third-order valence-corrected chi connectivity index (χ3v) is 10.1. The fourth-order valence-corrected chi connectivity index (χ4v) is 6.91. The molecule has 0 radical (unpaired) electrons. The highest BCUT2D eigenvalue weighted by molar-refractivity contribution is 14.0. The number of rotatable bonds is 2. The van der Waals surface area contributed by atoms with Crippen molar-refractivity contribution in [2.75, 3.05) is 0 Å². The topological polar surface area (TPSA) is 92.0 Å². The normalized spacial score (nSPS) is 13.9. The standard InChI is InChI=1S/C22H13BrN2.C12H9BN2O2.C10H6Br2.HI/c23-19-11-10-18(16-5-1-2-6-17(16)19)20-12-9-15-8-7-14-4-3-13-24-21(14)22(15)25-20;16-13(17)10-6-5-9-4-3-8-2-1-7-14-11(8)12(9)15-10;11-9-5-6-10(12)8-4-2-1-3-7(8)9;/h1-13H;1-7,16-17H;1-6H;1H/i1D,2D,5D,6D,10D,11D;;1D,2D,3D,4D,5D,6D;. The van der Waals surface area contributed by atoms with Crippen molar-refractivity contribution in [1.29, 1.82) is 0 Å². The maximum absolute atomic E-state index is 9.13. The Labute approximate surface area is 376 Å². The summed E-state index contributed by atoms with van der Waals surface area (Å²) < 4.78 is 96.9. The highest BCUT2D eigenvalue weighted by Crippen LogP contribution is 2.34. The monoisotopic (exact) mass is 1030 g/mol. The first-order valence-corrected chi connectivity index (χ1v) is 18.4. The second-order valence-corrected chi connectivity index (χ2v) is 13.9. The maximum atomic E-state index is 9.13. The van der Waals surface area contributed by atoms with Crippen LogP contribution < -0.4 is 5.59 Å². The molecule has 0 unspecified atom stereocenters. The molecule has 0 aliphatic rings. The molecule has 6 aromatic carbocycles. The predicted molar refractivity (Wildman–Crippen MR) is 249 cm³/mol. The van der Waals surface area contributed by atoms with E-state index in [9.17, 15) is 0 Å². The average Bonchev–Trinajstić information content (AvgIpc) is 3.33. The molecule has 4 aromatic heterocycles. The lowest BCUT2D eigenvalue weighted by atomic mass is 9.85. The Morgan fingerprint density at radius 1 is 0.473 bits per heavy atom. The molecule has 0 amide bonds. The summed E-state index contributed by atoms with van der Waals surface area (Å²) in [5.41, 5.74) is 3.56. The molecule has 0 fully saturated rings. The van der Waals surface area contributed by atoms with Crippen LogP contribution >= 0.6 is 71.8 Å². The SMILES string of the molecule is I.OB(O)c1ccc2ccc3cccnc3c2n1.[2H]c1c([2H])c([2H])c2c(-c3ccc4ccc5cccnc5c4n3)c([2H])c([2H])c(Br)c2c1[2H].[2H]c1c([2H])c([2H])c2c(Br)c([2H])c([2H])c(Br)c2c1[2H]. The van der Waals surface area contributed by atoms with Gasteiger partial charge < -0.3 is 10.0 Å². The molecule has 2 N–H and O–H groups in total. The van der Waals surface area contributed by atoms with Gasteiger partial charge in [0.2, 0.25) is 0 Å². The van der Waals surface area contributed by atoms with Crippen LogP contribution in [0.5, 0.6) is 0 Å². The zero-order chi connectivity index (χ0) is 47.6. The number of nitrogens with zero attached hydrogens (tertiary/aromatic N) is 4. The van der Waals surface area contributed by atoms with Crippen molar-refractivity contribution in [2.24, 2.45) is 0 Å². The van der Waals surface area contributed by atoms with Crippen molar-refractivity contribution in [3.8, 4) is 11.3 Å². The molecule has 55 heavy (non-hydrogen) atoms. The third kappa shape index (κ3) is 8.14. The number of pyridine rings is 4. The molecule has 6 nitrogen and oxygen atoms in total. The number of hydrogen-bond acceptors (Lipinski definition) is 6. The summed E-state index contributed by atoms with van der Waals surface area (Å²) in [6.07, 6.45) is 3.38. The average molecular weight is 1040 g/mol. The molecule has 11 heteroatoms. The molecule has 10 aromatic rings. The molecule has 10 rings (SSSR count). The lowest BCUT2D eigenvalue weighted by Gasteiger charge is -2.09. The van der Waals surface area contributed by atoms with E-state index in [-0.39, 0.29) is 137 Å². The van der Waals surface area contributed by atoms with Gasteiger partial charge >= 0.3 is 7.12 Å². The Morgan fingerprint density at radius 2 is 0.891 bits per heavy atom.